The Morgan fingerprint density at radius 3 is 2.39 bits per heavy atom. The van der Waals surface area contributed by atoms with Gasteiger partial charge in [0.15, 0.2) is 0 Å². The second kappa shape index (κ2) is 5.95. The first-order valence-electron chi connectivity index (χ1n) is 9.31. The molecule has 0 unspecified atom stereocenters. The maximum Gasteiger partial charge on any atom is 0.136 e. The van der Waals surface area contributed by atoms with Crippen molar-refractivity contribution in [2.24, 2.45) is 0 Å². The normalized spacial score (nSPS) is 11.8. The minimum absolute atomic E-state index is 0.908. The van der Waals surface area contributed by atoms with E-state index in [2.05, 4.69) is 94.8 Å². The fourth-order valence-electron chi connectivity index (χ4n) is 4.24. The Kier molecular flexibility index (Phi) is 3.38. The molecule has 0 aliphatic rings. The van der Waals surface area contributed by atoms with Crippen LogP contribution in [-0.2, 0) is 0 Å². The molecule has 0 saturated carbocycles. The quantitative estimate of drug-likeness (QED) is 0.242. The molecule has 6 rings (SSSR count). The van der Waals surface area contributed by atoms with Gasteiger partial charge in [0.05, 0.1) is 0 Å². The Bertz CT molecular complexity index is 1520. The van der Waals surface area contributed by atoms with Gasteiger partial charge in [0.25, 0.3) is 0 Å². The lowest BCUT2D eigenvalue weighted by Crippen LogP contribution is -1.83. The third kappa shape index (κ3) is 2.25. The summed E-state index contributed by atoms with van der Waals surface area (Å²) in [6, 6.07) is 32.2. The summed E-state index contributed by atoms with van der Waals surface area (Å²) in [6.07, 6.45) is 0. The molecule has 1 nitrogen and oxygen atoms in total. The Morgan fingerprint density at radius 1 is 0.571 bits per heavy atom. The zero-order chi connectivity index (χ0) is 18.7. The molecule has 0 spiro atoms. The van der Waals surface area contributed by atoms with Crippen molar-refractivity contribution in [3.63, 3.8) is 0 Å². The van der Waals surface area contributed by atoms with Gasteiger partial charge in [0.1, 0.15) is 11.2 Å². The number of furan rings is 1. The van der Waals surface area contributed by atoms with Crippen LogP contribution in [0, 0.1) is 0 Å². The zero-order valence-electron chi connectivity index (χ0n) is 14.9. The molecule has 0 radical (unpaired) electrons. The third-order valence-corrected chi connectivity index (χ3v) is 6.20. The Morgan fingerprint density at radius 2 is 1.43 bits per heavy atom. The highest BCUT2D eigenvalue weighted by atomic mass is 79.9. The van der Waals surface area contributed by atoms with Gasteiger partial charge >= 0.3 is 0 Å². The van der Waals surface area contributed by atoms with E-state index in [0.717, 1.165) is 26.4 Å². The highest BCUT2D eigenvalue weighted by Crippen LogP contribution is 2.38. The van der Waals surface area contributed by atoms with Gasteiger partial charge in [0.2, 0.25) is 0 Å². The van der Waals surface area contributed by atoms with Crippen LogP contribution in [-0.4, -0.2) is 0 Å². The standard InChI is InChI=1S/C26H15BrO/c27-23-9-4-10-25-26(23)22-15-17(12-14-24(22)28-25)19-7-3-8-20-18-6-2-1-5-16(18)11-13-21(19)20/h1-15H. The van der Waals surface area contributed by atoms with E-state index in [1.807, 2.05) is 12.1 Å². The maximum absolute atomic E-state index is 6.04. The van der Waals surface area contributed by atoms with Crippen LogP contribution < -0.4 is 0 Å². The van der Waals surface area contributed by atoms with E-state index >= 15 is 0 Å². The van der Waals surface area contributed by atoms with Crippen LogP contribution in [0.3, 0.4) is 0 Å². The van der Waals surface area contributed by atoms with E-state index in [-0.39, 0.29) is 0 Å². The fraction of sp³-hybridized carbons (Fsp3) is 0. The largest absolute Gasteiger partial charge is 0.456 e. The molecule has 0 fully saturated rings. The van der Waals surface area contributed by atoms with E-state index in [1.165, 1.54) is 32.7 Å². The van der Waals surface area contributed by atoms with Crippen molar-refractivity contribution >= 4 is 59.4 Å². The molecule has 1 heterocycles. The lowest BCUT2D eigenvalue weighted by Gasteiger charge is -2.10. The summed E-state index contributed by atoms with van der Waals surface area (Å²) in [5.74, 6) is 0. The lowest BCUT2D eigenvalue weighted by molar-refractivity contribution is 0.669. The predicted octanol–water partition coefficient (Wildman–Crippen LogP) is 8.32. The summed E-state index contributed by atoms with van der Waals surface area (Å²) >= 11 is 3.68. The van der Waals surface area contributed by atoms with Gasteiger partial charge in [-0.3, -0.25) is 0 Å². The monoisotopic (exact) mass is 422 g/mol. The second-order valence-corrected chi connectivity index (χ2v) is 7.97. The minimum atomic E-state index is 0.908. The van der Waals surface area contributed by atoms with Crippen LogP contribution in [0.1, 0.15) is 0 Å². The van der Waals surface area contributed by atoms with E-state index < -0.39 is 0 Å². The highest BCUT2D eigenvalue weighted by Gasteiger charge is 2.12. The molecule has 2 heteroatoms. The maximum atomic E-state index is 6.04. The van der Waals surface area contributed by atoms with Crippen LogP contribution >= 0.6 is 15.9 Å². The summed E-state index contributed by atoms with van der Waals surface area (Å²) in [5.41, 5.74) is 4.26. The van der Waals surface area contributed by atoms with E-state index in [4.69, 9.17) is 4.42 Å². The van der Waals surface area contributed by atoms with Crippen LogP contribution in [0.15, 0.2) is 99.9 Å². The molecule has 0 aliphatic carbocycles. The van der Waals surface area contributed by atoms with Gasteiger partial charge in [-0.1, -0.05) is 82.7 Å². The molecule has 0 aliphatic heterocycles. The van der Waals surface area contributed by atoms with Crippen molar-refractivity contribution in [1.29, 1.82) is 0 Å². The number of hydrogen-bond donors (Lipinski definition) is 0. The molecule has 0 saturated heterocycles. The Labute approximate surface area is 170 Å². The van der Waals surface area contributed by atoms with Crippen molar-refractivity contribution in [3.05, 3.63) is 95.5 Å². The average molecular weight is 423 g/mol. The van der Waals surface area contributed by atoms with E-state index in [0.29, 0.717) is 0 Å². The summed E-state index contributed by atoms with van der Waals surface area (Å²) in [6.45, 7) is 0. The lowest BCUT2D eigenvalue weighted by atomic mass is 9.94. The van der Waals surface area contributed by atoms with Crippen molar-refractivity contribution < 1.29 is 4.42 Å². The number of halogens is 1. The van der Waals surface area contributed by atoms with Crippen LogP contribution in [0.5, 0.6) is 0 Å². The van der Waals surface area contributed by atoms with Crippen molar-refractivity contribution in [1.82, 2.24) is 0 Å². The van der Waals surface area contributed by atoms with Gasteiger partial charge in [-0.15, -0.1) is 0 Å². The summed E-state index contributed by atoms with van der Waals surface area (Å²) in [4.78, 5) is 0. The molecule has 6 aromatic rings. The molecular weight excluding hydrogens is 408 g/mol. The SMILES string of the molecule is Brc1cccc2oc3ccc(-c4cccc5c4ccc4ccccc45)cc3c12. The van der Waals surface area contributed by atoms with Gasteiger partial charge in [0, 0.05) is 15.2 Å². The third-order valence-electron chi connectivity index (χ3n) is 5.54. The molecular formula is C26H15BrO. The van der Waals surface area contributed by atoms with Crippen LogP contribution in [0.25, 0.3) is 54.6 Å². The molecule has 0 bridgehead atoms. The first-order valence-corrected chi connectivity index (χ1v) is 10.1. The molecule has 0 atom stereocenters. The smallest absolute Gasteiger partial charge is 0.136 e. The molecule has 0 N–H and O–H groups in total. The van der Waals surface area contributed by atoms with E-state index in [9.17, 15) is 0 Å². The van der Waals surface area contributed by atoms with Gasteiger partial charge in [-0.05, 0) is 56.9 Å². The number of rotatable bonds is 1. The molecule has 28 heavy (non-hydrogen) atoms. The fourth-order valence-corrected chi connectivity index (χ4v) is 4.80. The van der Waals surface area contributed by atoms with Gasteiger partial charge < -0.3 is 4.42 Å². The van der Waals surface area contributed by atoms with E-state index in [1.54, 1.807) is 0 Å². The first-order chi connectivity index (χ1) is 13.8. The molecule has 1 aromatic heterocycles. The zero-order valence-corrected chi connectivity index (χ0v) is 16.5. The Balaban J connectivity index is 1.68. The van der Waals surface area contributed by atoms with Crippen LogP contribution in [0.2, 0.25) is 0 Å². The first kappa shape index (κ1) is 15.9. The number of benzene rings is 5. The minimum Gasteiger partial charge on any atom is -0.456 e. The predicted molar refractivity (Wildman–Crippen MR) is 122 cm³/mol. The Hall–Kier alpha value is -3.10. The number of fused-ring (bicyclic) bond motifs is 6. The van der Waals surface area contributed by atoms with Crippen molar-refractivity contribution in [2.75, 3.05) is 0 Å². The topological polar surface area (TPSA) is 13.1 Å². The molecule has 0 amide bonds. The average Bonchev–Trinajstić information content (AvgIpc) is 3.12. The van der Waals surface area contributed by atoms with Crippen molar-refractivity contribution in [2.45, 2.75) is 0 Å². The highest BCUT2D eigenvalue weighted by molar-refractivity contribution is 9.10. The van der Waals surface area contributed by atoms with Crippen LogP contribution in [0.4, 0.5) is 0 Å². The summed E-state index contributed by atoms with van der Waals surface area (Å²) in [5, 5.41) is 7.39. The molecule has 5 aromatic carbocycles. The van der Waals surface area contributed by atoms with Gasteiger partial charge in [-0.25, -0.2) is 0 Å². The van der Waals surface area contributed by atoms with Crippen molar-refractivity contribution in [3.8, 4) is 11.1 Å². The number of hydrogen-bond acceptors (Lipinski definition) is 1. The summed E-state index contributed by atoms with van der Waals surface area (Å²) in [7, 11) is 0. The molecule has 132 valence electrons. The summed E-state index contributed by atoms with van der Waals surface area (Å²) < 4.78 is 7.10. The second-order valence-electron chi connectivity index (χ2n) is 7.11. The van der Waals surface area contributed by atoms with Gasteiger partial charge in [-0.2, -0.15) is 0 Å².